The van der Waals surface area contributed by atoms with Gasteiger partial charge in [-0.2, -0.15) is 0 Å². The van der Waals surface area contributed by atoms with Gasteiger partial charge in [-0.3, -0.25) is 0 Å². The summed E-state index contributed by atoms with van der Waals surface area (Å²) in [6, 6.07) is 12.8. The standard InChI is InChI=1S/C20H23FN2O2/c1-14(2)13-25-18-7-5-6-17(12-18)22-19(24)23-20(3,4)15-8-10-16(21)11-9-15/h5-12H,1,13H2,2-4H3,(H2,22,23,24). The smallest absolute Gasteiger partial charge is 0.319 e. The van der Waals surface area contributed by atoms with Crippen LogP contribution in [0.4, 0.5) is 14.9 Å². The number of ether oxygens (including phenoxy) is 1. The van der Waals surface area contributed by atoms with Crippen LogP contribution in [0.5, 0.6) is 5.75 Å². The number of rotatable bonds is 6. The van der Waals surface area contributed by atoms with E-state index in [1.54, 1.807) is 30.3 Å². The molecule has 2 aromatic carbocycles. The molecule has 5 heteroatoms. The van der Waals surface area contributed by atoms with E-state index < -0.39 is 5.54 Å². The number of benzene rings is 2. The molecule has 25 heavy (non-hydrogen) atoms. The van der Waals surface area contributed by atoms with Crippen LogP contribution in [0, 0.1) is 5.82 Å². The zero-order chi connectivity index (χ0) is 18.4. The summed E-state index contributed by atoms with van der Waals surface area (Å²) in [5.74, 6) is 0.342. The Morgan fingerprint density at radius 1 is 1.20 bits per heavy atom. The first kappa shape index (κ1) is 18.5. The van der Waals surface area contributed by atoms with Crippen LogP contribution >= 0.6 is 0 Å². The van der Waals surface area contributed by atoms with Crippen molar-refractivity contribution in [3.63, 3.8) is 0 Å². The van der Waals surface area contributed by atoms with Crippen LogP contribution in [0.2, 0.25) is 0 Å². The number of urea groups is 1. The van der Waals surface area contributed by atoms with E-state index in [2.05, 4.69) is 17.2 Å². The van der Waals surface area contributed by atoms with Crippen molar-refractivity contribution in [2.75, 3.05) is 11.9 Å². The van der Waals surface area contributed by atoms with E-state index in [1.807, 2.05) is 26.8 Å². The van der Waals surface area contributed by atoms with Gasteiger partial charge in [-0.1, -0.05) is 24.8 Å². The molecule has 0 aromatic heterocycles. The number of amides is 2. The minimum absolute atomic E-state index is 0.310. The third kappa shape index (κ3) is 5.64. The summed E-state index contributed by atoms with van der Waals surface area (Å²) in [6.45, 7) is 9.80. The lowest BCUT2D eigenvalue weighted by molar-refractivity contribution is 0.242. The fourth-order valence-electron chi connectivity index (χ4n) is 2.26. The molecule has 0 heterocycles. The highest BCUT2D eigenvalue weighted by Crippen LogP contribution is 2.21. The first-order valence-electron chi connectivity index (χ1n) is 7.99. The van der Waals surface area contributed by atoms with Crippen molar-refractivity contribution in [2.45, 2.75) is 26.3 Å². The van der Waals surface area contributed by atoms with Gasteiger partial charge in [0.05, 0.1) is 5.54 Å². The topological polar surface area (TPSA) is 50.4 Å². The van der Waals surface area contributed by atoms with E-state index in [-0.39, 0.29) is 11.8 Å². The van der Waals surface area contributed by atoms with Gasteiger partial charge in [0.2, 0.25) is 0 Å². The summed E-state index contributed by atoms with van der Waals surface area (Å²) in [5.41, 5.74) is 1.69. The summed E-state index contributed by atoms with van der Waals surface area (Å²) in [4.78, 5) is 12.3. The van der Waals surface area contributed by atoms with E-state index in [4.69, 9.17) is 4.74 Å². The van der Waals surface area contributed by atoms with Gasteiger partial charge in [0.1, 0.15) is 18.2 Å². The van der Waals surface area contributed by atoms with E-state index in [1.165, 1.54) is 12.1 Å². The minimum Gasteiger partial charge on any atom is -0.489 e. The van der Waals surface area contributed by atoms with Gasteiger partial charge in [0.15, 0.2) is 0 Å². The number of hydrogen-bond acceptors (Lipinski definition) is 2. The van der Waals surface area contributed by atoms with Gasteiger partial charge in [-0.25, -0.2) is 9.18 Å². The Balaban J connectivity index is 2.00. The summed E-state index contributed by atoms with van der Waals surface area (Å²) in [7, 11) is 0. The zero-order valence-corrected chi connectivity index (χ0v) is 14.7. The Morgan fingerprint density at radius 2 is 1.88 bits per heavy atom. The summed E-state index contributed by atoms with van der Waals surface area (Å²) in [5, 5.41) is 5.66. The predicted octanol–water partition coefficient (Wildman–Crippen LogP) is 4.84. The fraction of sp³-hybridized carbons (Fsp3) is 0.250. The largest absolute Gasteiger partial charge is 0.489 e. The molecular weight excluding hydrogens is 319 g/mol. The predicted molar refractivity (Wildman–Crippen MR) is 98.3 cm³/mol. The van der Waals surface area contributed by atoms with Gasteiger partial charge in [0, 0.05) is 11.8 Å². The fourth-order valence-corrected chi connectivity index (χ4v) is 2.26. The average molecular weight is 342 g/mol. The van der Waals surface area contributed by atoms with Gasteiger partial charge in [-0.05, 0) is 56.2 Å². The second-order valence-electron chi connectivity index (χ2n) is 6.48. The quantitative estimate of drug-likeness (QED) is 0.738. The second-order valence-corrected chi connectivity index (χ2v) is 6.48. The van der Waals surface area contributed by atoms with Crippen molar-refractivity contribution in [3.05, 3.63) is 72.1 Å². The molecule has 0 radical (unpaired) electrons. The molecular formula is C20H23FN2O2. The lowest BCUT2D eigenvalue weighted by Gasteiger charge is -2.27. The van der Waals surface area contributed by atoms with Gasteiger partial charge in [0.25, 0.3) is 0 Å². The number of carbonyl (C=O) groups excluding carboxylic acids is 1. The van der Waals surface area contributed by atoms with Gasteiger partial charge >= 0.3 is 6.03 Å². The Morgan fingerprint density at radius 3 is 2.52 bits per heavy atom. The maximum atomic E-state index is 13.1. The average Bonchev–Trinajstić information content (AvgIpc) is 2.53. The van der Waals surface area contributed by atoms with Crippen molar-refractivity contribution < 1.29 is 13.9 Å². The third-order valence-electron chi connectivity index (χ3n) is 3.57. The number of hydrogen-bond donors (Lipinski definition) is 2. The van der Waals surface area contributed by atoms with E-state index in [0.717, 1.165) is 11.1 Å². The van der Waals surface area contributed by atoms with Crippen LogP contribution in [-0.4, -0.2) is 12.6 Å². The van der Waals surface area contributed by atoms with Crippen molar-refractivity contribution in [2.24, 2.45) is 0 Å². The molecule has 132 valence electrons. The molecule has 2 rings (SSSR count). The van der Waals surface area contributed by atoms with Crippen LogP contribution in [0.1, 0.15) is 26.3 Å². The van der Waals surface area contributed by atoms with E-state index in [0.29, 0.717) is 18.0 Å². The highest BCUT2D eigenvalue weighted by molar-refractivity contribution is 5.90. The van der Waals surface area contributed by atoms with E-state index in [9.17, 15) is 9.18 Å². The molecule has 2 amide bonds. The lowest BCUT2D eigenvalue weighted by atomic mass is 9.94. The maximum Gasteiger partial charge on any atom is 0.319 e. The number of anilines is 1. The van der Waals surface area contributed by atoms with Crippen LogP contribution < -0.4 is 15.4 Å². The third-order valence-corrected chi connectivity index (χ3v) is 3.57. The SMILES string of the molecule is C=C(C)COc1cccc(NC(=O)NC(C)(C)c2ccc(F)cc2)c1. The van der Waals surface area contributed by atoms with Crippen molar-refractivity contribution in [1.82, 2.24) is 5.32 Å². The first-order valence-corrected chi connectivity index (χ1v) is 7.99. The molecule has 0 unspecified atom stereocenters. The van der Waals surface area contributed by atoms with Crippen LogP contribution in [0.25, 0.3) is 0 Å². The van der Waals surface area contributed by atoms with Crippen LogP contribution in [0.15, 0.2) is 60.7 Å². The second kappa shape index (κ2) is 7.83. The molecule has 0 saturated heterocycles. The molecule has 0 aliphatic carbocycles. The molecule has 0 aliphatic rings. The van der Waals surface area contributed by atoms with Crippen LogP contribution in [-0.2, 0) is 5.54 Å². The Kier molecular flexibility index (Phi) is 5.80. The molecule has 0 bridgehead atoms. The highest BCUT2D eigenvalue weighted by atomic mass is 19.1. The Bertz CT molecular complexity index is 755. The molecule has 2 N–H and O–H groups in total. The van der Waals surface area contributed by atoms with Gasteiger partial charge in [-0.15, -0.1) is 0 Å². The lowest BCUT2D eigenvalue weighted by Crippen LogP contribution is -2.43. The monoisotopic (exact) mass is 342 g/mol. The number of nitrogens with one attached hydrogen (secondary N) is 2. The summed E-state index contributed by atoms with van der Waals surface area (Å²) in [6.07, 6.45) is 0. The van der Waals surface area contributed by atoms with Gasteiger partial charge < -0.3 is 15.4 Å². The van der Waals surface area contributed by atoms with Crippen molar-refractivity contribution >= 4 is 11.7 Å². The zero-order valence-electron chi connectivity index (χ0n) is 14.7. The highest BCUT2D eigenvalue weighted by Gasteiger charge is 2.22. The molecule has 0 spiro atoms. The molecule has 0 fully saturated rings. The summed E-state index contributed by atoms with van der Waals surface area (Å²) < 4.78 is 18.6. The molecule has 2 aromatic rings. The van der Waals surface area contributed by atoms with E-state index >= 15 is 0 Å². The first-order chi connectivity index (χ1) is 11.8. The molecule has 0 aliphatic heterocycles. The van der Waals surface area contributed by atoms with Crippen LogP contribution in [0.3, 0.4) is 0 Å². The molecule has 0 atom stereocenters. The molecule has 0 saturated carbocycles. The normalized spacial score (nSPS) is 10.9. The Labute approximate surface area is 147 Å². The minimum atomic E-state index is -0.647. The summed E-state index contributed by atoms with van der Waals surface area (Å²) >= 11 is 0. The Hall–Kier alpha value is -2.82. The maximum absolute atomic E-state index is 13.1. The number of halogens is 1. The number of carbonyl (C=O) groups is 1. The van der Waals surface area contributed by atoms with Crippen molar-refractivity contribution in [1.29, 1.82) is 0 Å². The van der Waals surface area contributed by atoms with Crippen molar-refractivity contribution in [3.8, 4) is 5.75 Å². The molecule has 4 nitrogen and oxygen atoms in total.